The van der Waals surface area contributed by atoms with E-state index in [1.807, 2.05) is 23.1 Å². The lowest BCUT2D eigenvalue weighted by molar-refractivity contribution is -0.179. The molecule has 25 heavy (non-hydrogen) atoms. The fourth-order valence-electron chi connectivity index (χ4n) is 3.82. The van der Waals surface area contributed by atoms with Crippen molar-refractivity contribution in [2.45, 2.75) is 43.8 Å². The number of likely N-dealkylation sites (tertiary alicyclic amines) is 1. The van der Waals surface area contributed by atoms with Crippen LogP contribution in [0.15, 0.2) is 18.2 Å². The number of hydrogen-bond acceptors (Lipinski definition) is 5. The van der Waals surface area contributed by atoms with Gasteiger partial charge in [0, 0.05) is 25.3 Å². The summed E-state index contributed by atoms with van der Waals surface area (Å²) in [6.45, 7) is 1.93. The van der Waals surface area contributed by atoms with Crippen molar-refractivity contribution in [2.24, 2.45) is 0 Å². The second kappa shape index (κ2) is 7.62. The summed E-state index contributed by atoms with van der Waals surface area (Å²) in [5.74, 6) is 1.46. The zero-order valence-corrected chi connectivity index (χ0v) is 15.0. The molecule has 138 valence electrons. The third-order valence-electron chi connectivity index (χ3n) is 5.41. The summed E-state index contributed by atoms with van der Waals surface area (Å²) in [4.78, 5) is 14.6. The topological polar surface area (TPSA) is 68.2 Å². The maximum Gasteiger partial charge on any atom is 0.227 e. The predicted molar refractivity (Wildman–Crippen MR) is 93.0 cm³/mol. The highest BCUT2D eigenvalue weighted by Gasteiger charge is 2.44. The molecule has 2 aliphatic heterocycles. The number of hydrogen-bond donors (Lipinski definition) is 1. The van der Waals surface area contributed by atoms with Crippen LogP contribution in [0.5, 0.6) is 11.5 Å². The van der Waals surface area contributed by atoms with Gasteiger partial charge in [-0.1, -0.05) is 0 Å². The minimum atomic E-state index is -0.456. The van der Waals surface area contributed by atoms with Crippen LogP contribution in [0.1, 0.15) is 31.2 Å². The van der Waals surface area contributed by atoms with Gasteiger partial charge >= 0.3 is 0 Å². The fraction of sp³-hybridized carbons (Fsp3) is 0.632. The van der Waals surface area contributed by atoms with Gasteiger partial charge in [0.15, 0.2) is 0 Å². The number of carbonyl (C=O) groups is 1. The van der Waals surface area contributed by atoms with Gasteiger partial charge in [0.2, 0.25) is 5.91 Å². The van der Waals surface area contributed by atoms with Crippen LogP contribution in [0.2, 0.25) is 0 Å². The Morgan fingerprint density at radius 1 is 1.32 bits per heavy atom. The summed E-state index contributed by atoms with van der Waals surface area (Å²) in [6.07, 6.45) is 2.93. The number of piperidine rings is 1. The van der Waals surface area contributed by atoms with Crippen molar-refractivity contribution in [1.29, 1.82) is 0 Å². The molecule has 1 N–H and O–H groups in total. The van der Waals surface area contributed by atoms with Crippen LogP contribution in [0.25, 0.3) is 0 Å². The molecule has 1 atom stereocenters. The molecule has 1 aromatic carbocycles. The van der Waals surface area contributed by atoms with E-state index in [4.69, 9.17) is 14.2 Å². The second-order valence-electron chi connectivity index (χ2n) is 6.81. The Morgan fingerprint density at radius 2 is 2.08 bits per heavy atom. The van der Waals surface area contributed by atoms with Crippen molar-refractivity contribution < 1.29 is 24.1 Å². The third kappa shape index (κ3) is 3.75. The molecule has 2 aliphatic rings. The van der Waals surface area contributed by atoms with Crippen LogP contribution < -0.4 is 9.47 Å². The second-order valence-corrected chi connectivity index (χ2v) is 6.81. The normalized spacial score (nSPS) is 22.7. The van der Waals surface area contributed by atoms with Gasteiger partial charge in [0.05, 0.1) is 32.3 Å². The van der Waals surface area contributed by atoms with Gasteiger partial charge in [-0.2, -0.15) is 0 Å². The van der Waals surface area contributed by atoms with E-state index in [-0.39, 0.29) is 12.3 Å². The number of carbonyl (C=O) groups excluding carboxylic acids is 1. The summed E-state index contributed by atoms with van der Waals surface area (Å²) in [7, 11) is 3.20. The zero-order chi connectivity index (χ0) is 17.9. The Kier molecular flexibility index (Phi) is 5.49. The highest BCUT2D eigenvalue weighted by molar-refractivity contribution is 5.79. The van der Waals surface area contributed by atoms with Gasteiger partial charge in [0.1, 0.15) is 11.5 Å². The lowest BCUT2D eigenvalue weighted by Crippen LogP contribution is -2.56. The summed E-state index contributed by atoms with van der Waals surface area (Å²) in [5.41, 5.74) is 0.365. The first-order valence-electron chi connectivity index (χ1n) is 8.89. The van der Waals surface area contributed by atoms with Crippen LogP contribution in [0.3, 0.4) is 0 Å². The summed E-state index contributed by atoms with van der Waals surface area (Å²) >= 11 is 0. The average Bonchev–Trinajstić information content (AvgIpc) is 2.64. The van der Waals surface area contributed by atoms with E-state index < -0.39 is 11.7 Å². The van der Waals surface area contributed by atoms with E-state index in [1.165, 1.54) is 0 Å². The number of nitrogens with zero attached hydrogens (tertiary/aromatic N) is 1. The molecule has 0 aliphatic carbocycles. The largest absolute Gasteiger partial charge is 0.497 e. The summed E-state index contributed by atoms with van der Waals surface area (Å²) in [6, 6.07) is 5.48. The fourth-order valence-corrected chi connectivity index (χ4v) is 3.82. The van der Waals surface area contributed by atoms with Crippen molar-refractivity contribution in [1.82, 2.24) is 4.90 Å². The van der Waals surface area contributed by atoms with Crippen LogP contribution in [0.4, 0.5) is 0 Å². The predicted octanol–water partition coefficient (Wildman–Crippen LogP) is 1.78. The van der Waals surface area contributed by atoms with Gasteiger partial charge in [-0.3, -0.25) is 4.79 Å². The molecule has 0 aromatic heterocycles. The Balaban J connectivity index is 1.63. The molecule has 1 aromatic rings. The van der Waals surface area contributed by atoms with E-state index >= 15 is 0 Å². The van der Waals surface area contributed by atoms with Crippen LogP contribution >= 0.6 is 0 Å². The first kappa shape index (κ1) is 18.0. The number of methoxy groups -OCH3 is 2. The van der Waals surface area contributed by atoms with Crippen molar-refractivity contribution >= 4 is 5.91 Å². The maximum absolute atomic E-state index is 12.7. The molecule has 0 unspecified atom stereocenters. The van der Waals surface area contributed by atoms with Crippen LogP contribution in [-0.2, 0) is 16.0 Å². The van der Waals surface area contributed by atoms with Gasteiger partial charge < -0.3 is 24.2 Å². The molecule has 3 rings (SSSR count). The third-order valence-corrected chi connectivity index (χ3v) is 5.41. The lowest BCUT2D eigenvalue weighted by Gasteiger charge is -2.46. The van der Waals surface area contributed by atoms with E-state index in [2.05, 4.69) is 0 Å². The standard InChI is InChI=1S/C19H27NO5/c1-23-15-5-6-16(24-2)14(12-15)13-18(22)20-9-7-19(8-10-20)17(21)4-3-11-25-19/h5-6,12,17,21H,3-4,7-11,13H2,1-2H3/t17-/m0/s1. The van der Waals surface area contributed by atoms with E-state index in [0.29, 0.717) is 44.0 Å². The summed E-state index contributed by atoms with van der Waals surface area (Å²) < 4.78 is 16.5. The summed E-state index contributed by atoms with van der Waals surface area (Å²) in [5, 5.41) is 10.3. The van der Waals surface area contributed by atoms with E-state index in [9.17, 15) is 9.90 Å². The number of ether oxygens (including phenoxy) is 3. The van der Waals surface area contributed by atoms with Crippen LogP contribution in [0, 0.1) is 0 Å². The first-order valence-corrected chi connectivity index (χ1v) is 8.89. The smallest absolute Gasteiger partial charge is 0.227 e. The Morgan fingerprint density at radius 3 is 2.72 bits per heavy atom. The zero-order valence-electron chi connectivity index (χ0n) is 15.0. The molecule has 0 radical (unpaired) electrons. The monoisotopic (exact) mass is 349 g/mol. The van der Waals surface area contributed by atoms with Gasteiger partial charge in [0.25, 0.3) is 0 Å². The lowest BCUT2D eigenvalue weighted by atomic mass is 9.82. The Bertz CT molecular complexity index is 610. The van der Waals surface area contributed by atoms with Gasteiger partial charge in [-0.15, -0.1) is 0 Å². The highest BCUT2D eigenvalue weighted by atomic mass is 16.5. The Labute approximate surface area is 148 Å². The molecule has 2 fully saturated rings. The molecule has 6 nitrogen and oxygen atoms in total. The average molecular weight is 349 g/mol. The number of rotatable bonds is 4. The molecule has 2 heterocycles. The number of aliphatic hydroxyl groups excluding tert-OH is 1. The molecule has 2 saturated heterocycles. The van der Waals surface area contributed by atoms with Crippen molar-refractivity contribution in [3.63, 3.8) is 0 Å². The molecular formula is C19H27NO5. The molecule has 0 saturated carbocycles. The van der Waals surface area contributed by atoms with Gasteiger partial charge in [-0.05, 0) is 43.9 Å². The number of aliphatic hydroxyl groups is 1. The Hall–Kier alpha value is -1.79. The molecule has 1 amide bonds. The minimum absolute atomic E-state index is 0.0618. The first-order chi connectivity index (χ1) is 12.1. The molecule has 0 bridgehead atoms. The minimum Gasteiger partial charge on any atom is -0.497 e. The van der Waals surface area contributed by atoms with Crippen LogP contribution in [-0.4, -0.2) is 61.5 Å². The van der Waals surface area contributed by atoms with Gasteiger partial charge in [-0.25, -0.2) is 0 Å². The maximum atomic E-state index is 12.7. The molecule has 1 spiro atoms. The van der Waals surface area contributed by atoms with Crippen molar-refractivity contribution in [3.8, 4) is 11.5 Å². The quantitative estimate of drug-likeness (QED) is 0.897. The van der Waals surface area contributed by atoms with E-state index in [1.54, 1.807) is 14.2 Å². The van der Waals surface area contributed by atoms with E-state index in [0.717, 1.165) is 18.4 Å². The highest BCUT2D eigenvalue weighted by Crippen LogP contribution is 2.35. The SMILES string of the molecule is COc1ccc(OC)c(CC(=O)N2CCC3(CC2)OCCC[C@@H]3O)c1. The number of amides is 1. The van der Waals surface area contributed by atoms with Crippen molar-refractivity contribution in [3.05, 3.63) is 23.8 Å². The molecule has 6 heteroatoms. The molecular weight excluding hydrogens is 322 g/mol. The van der Waals surface area contributed by atoms with Crippen molar-refractivity contribution in [2.75, 3.05) is 33.9 Å². The number of benzene rings is 1.